The summed E-state index contributed by atoms with van der Waals surface area (Å²) in [5.74, 6) is 0.898. The minimum Gasteiger partial charge on any atom is -0.314 e. The van der Waals surface area contributed by atoms with Gasteiger partial charge in [0, 0.05) is 45.2 Å². The van der Waals surface area contributed by atoms with Gasteiger partial charge in [0.15, 0.2) is 0 Å². The Kier molecular flexibility index (Phi) is 4.01. The Morgan fingerprint density at radius 3 is 2.91 bits per heavy atom. The maximum absolute atomic E-state index is 12.6. The Bertz CT molecular complexity index is 742. The lowest BCUT2D eigenvalue weighted by molar-refractivity contribution is 0.372. The van der Waals surface area contributed by atoms with E-state index in [1.807, 2.05) is 4.57 Å². The smallest absolute Gasteiger partial charge is 0.314 e. The van der Waals surface area contributed by atoms with Gasteiger partial charge in [0.2, 0.25) is 0 Å². The summed E-state index contributed by atoms with van der Waals surface area (Å²) in [7, 11) is 0. The fraction of sp³-hybridized carbons (Fsp3) is 0.529. The summed E-state index contributed by atoms with van der Waals surface area (Å²) in [6, 6.07) is 8.86. The standard InChI is InChI=1S/C17H23N5O/c23-17-21-9-5-13-3-1-2-4-14(13)11-16(21)20-22(17)10-6-15-12-18-7-8-19-15/h1-4,15,18-19H,5-12H2. The van der Waals surface area contributed by atoms with Crippen molar-refractivity contribution >= 4 is 0 Å². The average Bonchev–Trinajstić information content (AvgIpc) is 2.77. The Morgan fingerprint density at radius 2 is 2.09 bits per heavy atom. The quantitative estimate of drug-likeness (QED) is 0.846. The van der Waals surface area contributed by atoms with Crippen molar-refractivity contribution < 1.29 is 0 Å². The van der Waals surface area contributed by atoms with Crippen molar-refractivity contribution in [3.8, 4) is 0 Å². The number of aromatic nitrogens is 3. The zero-order valence-corrected chi connectivity index (χ0v) is 13.3. The molecule has 1 aromatic carbocycles. The van der Waals surface area contributed by atoms with Crippen molar-refractivity contribution in [1.82, 2.24) is 25.0 Å². The van der Waals surface area contributed by atoms with Gasteiger partial charge in [-0.3, -0.25) is 4.57 Å². The first kappa shape index (κ1) is 14.7. The molecular weight excluding hydrogens is 290 g/mol. The molecule has 2 aliphatic heterocycles. The summed E-state index contributed by atoms with van der Waals surface area (Å²) < 4.78 is 3.51. The van der Waals surface area contributed by atoms with E-state index in [-0.39, 0.29) is 5.69 Å². The lowest BCUT2D eigenvalue weighted by Crippen LogP contribution is -2.48. The second kappa shape index (κ2) is 6.29. The summed E-state index contributed by atoms with van der Waals surface area (Å²) in [6.45, 7) is 4.40. The van der Waals surface area contributed by atoms with E-state index in [1.54, 1.807) is 4.68 Å². The predicted octanol–water partition coefficient (Wildman–Crippen LogP) is 0.143. The molecule has 0 spiro atoms. The van der Waals surface area contributed by atoms with E-state index in [1.165, 1.54) is 11.1 Å². The fourth-order valence-electron chi connectivity index (χ4n) is 3.56. The van der Waals surface area contributed by atoms with Crippen LogP contribution < -0.4 is 16.3 Å². The van der Waals surface area contributed by atoms with Gasteiger partial charge in [-0.1, -0.05) is 24.3 Å². The zero-order valence-electron chi connectivity index (χ0n) is 13.3. The molecule has 0 radical (unpaired) electrons. The summed E-state index contributed by atoms with van der Waals surface area (Å²) >= 11 is 0. The van der Waals surface area contributed by atoms with Crippen LogP contribution in [0.2, 0.25) is 0 Å². The van der Waals surface area contributed by atoms with Crippen molar-refractivity contribution in [2.45, 2.75) is 38.4 Å². The summed E-state index contributed by atoms with van der Waals surface area (Å²) in [4.78, 5) is 12.6. The van der Waals surface area contributed by atoms with E-state index in [2.05, 4.69) is 40.0 Å². The molecule has 0 aliphatic carbocycles. The van der Waals surface area contributed by atoms with Gasteiger partial charge in [0.1, 0.15) is 5.82 Å². The second-order valence-electron chi connectivity index (χ2n) is 6.41. The van der Waals surface area contributed by atoms with E-state index in [4.69, 9.17) is 0 Å². The van der Waals surface area contributed by atoms with Crippen LogP contribution in [-0.2, 0) is 25.9 Å². The Hall–Kier alpha value is -1.92. The molecule has 1 unspecified atom stereocenters. The maximum Gasteiger partial charge on any atom is 0.345 e. The normalized spacial score (nSPS) is 20.6. The van der Waals surface area contributed by atoms with Gasteiger partial charge in [-0.15, -0.1) is 0 Å². The number of hydrogen-bond donors (Lipinski definition) is 2. The summed E-state index contributed by atoms with van der Waals surface area (Å²) in [5.41, 5.74) is 2.67. The third-order valence-corrected chi connectivity index (χ3v) is 4.89. The number of aryl methyl sites for hydroxylation is 2. The van der Waals surface area contributed by atoms with E-state index >= 15 is 0 Å². The molecule has 23 heavy (non-hydrogen) atoms. The molecule has 2 N–H and O–H groups in total. The third kappa shape index (κ3) is 2.96. The number of hydrogen-bond acceptors (Lipinski definition) is 4. The lowest BCUT2D eigenvalue weighted by Gasteiger charge is -2.24. The number of rotatable bonds is 3. The van der Waals surface area contributed by atoms with Crippen LogP contribution in [0.25, 0.3) is 0 Å². The highest BCUT2D eigenvalue weighted by atomic mass is 16.2. The maximum atomic E-state index is 12.6. The lowest BCUT2D eigenvalue weighted by atomic mass is 10.0. The molecule has 2 aliphatic rings. The van der Waals surface area contributed by atoms with Gasteiger partial charge < -0.3 is 10.6 Å². The average molecular weight is 313 g/mol. The van der Waals surface area contributed by atoms with Crippen LogP contribution in [0.1, 0.15) is 23.4 Å². The fourth-order valence-corrected chi connectivity index (χ4v) is 3.56. The molecule has 0 saturated carbocycles. The molecular formula is C17H23N5O. The molecule has 1 aromatic heterocycles. The summed E-state index contributed by atoms with van der Waals surface area (Å²) in [5, 5.41) is 11.5. The minimum atomic E-state index is 0.0385. The topological polar surface area (TPSA) is 63.9 Å². The van der Waals surface area contributed by atoms with Gasteiger partial charge in [-0.25, -0.2) is 9.48 Å². The summed E-state index contributed by atoms with van der Waals surface area (Å²) in [6.07, 6.45) is 2.59. The van der Waals surface area contributed by atoms with Gasteiger partial charge in [-0.05, 0) is 24.0 Å². The molecule has 6 heteroatoms. The van der Waals surface area contributed by atoms with Gasteiger partial charge >= 0.3 is 5.69 Å². The second-order valence-corrected chi connectivity index (χ2v) is 6.41. The van der Waals surface area contributed by atoms with Crippen molar-refractivity contribution in [2.24, 2.45) is 0 Å². The molecule has 0 bridgehead atoms. The van der Waals surface area contributed by atoms with E-state index < -0.39 is 0 Å². The molecule has 122 valence electrons. The Labute approximate surface area is 135 Å². The number of benzene rings is 1. The van der Waals surface area contributed by atoms with Crippen LogP contribution in [0, 0.1) is 0 Å². The van der Waals surface area contributed by atoms with E-state index in [9.17, 15) is 4.79 Å². The SMILES string of the molecule is O=c1n(CCC2CNCCN2)nc2n1CCc1ccccc1C2. The molecule has 2 aromatic rings. The van der Waals surface area contributed by atoms with Crippen molar-refractivity contribution in [3.63, 3.8) is 0 Å². The molecule has 1 fully saturated rings. The molecule has 4 rings (SSSR count). The Balaban J connectivity index is 1.52. The number of nitrogens with zero attached hydrogens (tertiary/aromatic N) is 3. The first-order valence-electron chi connectivity index (χ1n) is 8.48. The third-order valence-electron chi connectivity index (χ3n) is 4.89. The van der Waals surface area contributed by atoms with E-state index in [0.717, 1.165) is 51.3 Å². The molecule has 0 amide bonds. The largest absolute Gasteiger partial charge is 0.345 e. The van der Waals surface area contributed by atoms with Crippen LogP contribution in [0.4, 0.5) is 0 Å². The van der Waals surface area contributed by atoms with Crippen molar-refractivity contribution in [1.29, 1.82) is 0 Å². The first-order chi connectivity index (χ1) is 11.3. The number of piperazine rings is 1. The van der Waals surface area contributed by atoms with Gasteiger partial charge in [0.05, 0.1) is 0 Å². The Morgan fingerprint density at radius 1 is 1.22 bits per heavy atom. The predicted molar refractivity (Wildman–Crippen MR) is 88.7 cm³/mol. The highest BCUT2D eigenvalue weighted by molar-refractivity contribution is 5.31. The minimum absolute atomic E-state index is 0.0385. The molecule has 6 nitrogen and oxygen atoms in total. The van der Waals surface area contributed by atoms with Crippen LogP contribution >= 0.6 is 0 Å². The van der Waals surface area contributed by atoms with Gasteiger partial charge in [-0.2, -0.15) is 5.10 Å². The first-order valence-corrected chi connectivity index (χ1v) is 8.48. The monoisotopic (exact) mass is 313 g/mol. The molecule has 1 saturated heterocycles. The zero-order chi connectivity index (χ0) is 15.6. The van der Waals surface area contributed by atoms with Crippen LogP contribution in [0.3, 0.4) is 0 Å². The number of fused-ring (bicyclic) bond motifs is 2. The van der Waals surface area contributed by atoms with Crippen LogP contribution in [0.15, 0.2) is 29.1 Å². The van der Waals surface area contributed by atoms with Crippen LogP contribution in [0.5, 0.6) is 0 Å². The highest BCUT2D eigenvalue weighted by Gasteiger charge is 2.19. The van der Waals surface area contributed by atoms with Gasteiger partial charge in [0.25, 0.3) is 0 Å². The van der Waals surface area contributed by atoms with Crippen LogP contribution in [-0.4, -0.2) is 40.0 Å². The number of nitrogens with one attached hydrogen (secondary N) is 2. The molecule has 3 heterocycles. The highest BCUT2D eigenvalue weighted by Crippen LogP contribution is 2.17. The van der Waals surface area contributed by atoms with E-state index in [0.29, 0.717) is 12.6 Å². The molecule has 1 atom stereocenters. The van der Waals surface area contributed by atoms with Crippen molar-refractivity contribution in [2.75, 3.05) is 19.6 Å². The van der Waals surface area contributed by atoms with Crippen molar-refractivity contribution in [3.05, 3.63) is 51.7 Å².